The van der Waals surface area contributed by atoms with Gasteiger partial charge in [-0.1, -0.05) is 17.2 Å². The molecule has 0 aliphatic carbocycles. The number of hydrogen-bond donors (Lipinski definition) is 1. The number of nitrogens with one attached hydrogen (secondary N) is 1. The zero-order valence-electron chi connectivity index (χ0n) is 16.8. The predicted molar refractivity (Wildman–Crippen MR) is 121 cm³/mol. The van der Waals surface area contributed by atoms with Crippen LogP contribution >= 0.6 is 0 Å². The van der Waals surface area contributed by atoms with Crippen LogP contribution in [0.25, 0.3) is 44.1 Å². The fourth-order valence-corrected chi connectivity index (χ4v) is 4.49. The van der Waals surface area contributed by atoms with Gasteiger partial charge in [0.05, 0.1) is 16.3 Å². The summed E-state index contributed by atoms with van der Waals surface area (Å²) in [4.78, 5) is 10.2. The Kier molecular flexibility index (Phi) is 6.02. The highest BCUT2D eigenvalue weighted by molar-refractivity contribution is 7.91. The minimum Gasteiger partial charge on any atom is -0.354 e. The molecule has 0 bridgehead atoms. The molecule has 0 fully saturated rings. The van der Waals surface area contributed by atoms with Gasteiger partial charge in [0.25, 0.3) is 0 Å². The van der Waals surface area contributed by atoms with Gasteiger partial charge in [-0.15, -0.1) is 0 Å². The largest absolute Gasteiger partial charge is 0.354 e. The Labute approximate surface area is 184 Å². The topological polar surface area (TPSA) is 112 Å². The molecular formula is C23H18FN5O2S. The number of sulfone groups is 1. The summed E-state index contributed by atoms with van der Waals surface area (Å²) in [6.07, 6.45) is 3.40. The van der Waals surface area contributed by atoms with Gasteiger partial charge in [-0.25, -0.2) is 12.8 Å². The quantitative estimate of drug-likeness (QED) is 0.225. The molecule has 0 amide bonds. The van der Waals surface area contributed by atoms with Gasteiger partial charge in [-0.2, -0.15) is 0 Å². The molecule has 0 atom stereocenters. The first-order valence-corrected chi connectivity index (χ1v) is 11.4. The Morgan fingerprint density at radius 1 is 0.938 bits per heavy atom. The molecule has 0 radical (unpaired) electrons. The molecule has 4 aromatic rings. The lowest BCUT2D eigenvalue weighted by molar-refractivity contribution is 0.596. The molecule has 7 nitrogen and oxygen atoms in total. The second kappa shape index (κ2) is 9.05. The van der Waals surface area contributed by atoms with Crippen molar-refractivity contribution in [3.63, 3.8) is 0 Å². The van der Waals surface area contributed by atoms with E-state index in [2.05, 4.69) is 20.0 Å². The average molecular weight is 447 g/mol. The third-order valence-corrected chi connectivity index (χ3v) is 6.70. The van der Waals surface area contributed by atoms with E-state index in [4.69, 9.17) is 5.53 Å². The maximum Gasteiger partial charge on any atom is 0.178 e. The maximum absolute atomic E-state index is 13.4. The first-order chi connectivity index (χ1) is 15.5. The zero-order valence-corrected chi connectivity index (χ0v) is 17.6. The fraction of sp³-hybridized carbons (Fsp3) is 0.0870. The van der Waals surface area contributed by atoms with Crippen LogP contribution < -0.4 is 0 Å². The Balaban J connectivity index is 1.73. The number of aromatic nitrogens is 2. The Morgan fingerprint density at radius 2 is 1.59 bits per heavy atom. The van der Waals surface area contributed by atoms with Crippen LogP contribution in [0.1, 0.15) is 0 Å². The van der Waals surface area contributed by atoms with Gasteiger partial charge in [0.2, 0.25) is 0 Å². The van der Waals surface area contributed by atoms with Crippen molar-refractivity contribution in [1.29, 1.82) is 0 Å². The van der Waals surface area contributed by atoms with Crippen LogP contribution in [0.2, 0.25) is 0 Å². The smallest absolute Gasteiger partial charge is 0.178 e. The highest BCUT2D eigenvalue weighted by Crippen LogP contribution is 2.36. The number of hydrogen-bond acceptors (Lipinski definition) is 4. The van der Waals surface area contributed by atoms with E-state index in [0.29, 0.717) is 0 Å². The van der Waals surface area contributed by atoms with Crippen LogP contribution in [0.15, 0.2) is 89.1 Å². The minimum atomic E-state index is -3.54. The minimum absolute atomic E-state index is 0.118. The molecular weight excluding hydrogens is 429 g/mol. The average Bonchev–Trinajstić information content (AvgIpc) is 3.26. The summed E-state index contributed by atoms with van der Waals surface area (Å²) in [5.41, 5.74) is 13.4. The normalized spacial score (nSPS) is 11.2. The van der Waals surface area contributed by atoms with Crippen molar-refractivity contribution in [2.24, 2.45) is 5.11 Å². The van der Waals surface area contributed by atoms with Crippen molar-refractivity contribution in [2.75, 3.05) is 12.3 Å². The molecule has 0 spiro atoms. The van der Waals surface area contributed by atoms with Crippen LogP contribution in [0.5, 0.6) is 0 Å². The second-order valence-electron chi connectivity index (χ2n) is 7.01. The van der Waals surface area contributed by atoms with Crippen molar-refractivity contribution >= 4 is 9.84 Å². The number of rotatable bonds is 7. The molecule has 9 heteroatoms. The SMILES string of the molecule is [N-]=[N+]=NCCS(=O)(=O)c1ccc(-c2cc(-c3ccncc3)c(-c3ccc(F)cc3)[nH]2)cc1. The van der Waals surface area contributed by atoms with Crippen molar-refractivity contribution in [3.05, 3.63) is 95.4 Å². The molecule has 0 aliphatic rings. The highest BCUT2D eigenvalue weighted by Gasteiger charge is 2.16. The van der Waals surface area contributed by atoms with E-state index in [1.165, 1.54) is 24.3 Å². The van der Waals surface area contributed by atoms with Gasteiger partial charge in [0, 0.05) is 35.1 Å². The van der Waals surface area contributed by atoms with E-state index in [1.807, 2.05) is 18.2 Å². The number of benzene rings is 2. The summed E-state index contributed by atoms with van der Waals surface area (Å²) >= 11 is 0. The molecule has 2 aromatic heterocycles. The summed E-state index contributed by atoms with van der Waals surface area (Å²) in [6.45, 7) is -0.118. The van der Waals surface area contributed by atoms with Gasteiger partial charge in [-0.3, -0.25) is 4.98 Å². The molecule has 0 saturated heterocycles. The van der Waals surface area contributed by atoms with Gasteiger partial charge in [0.1, 0.15) is 5.82 Å². The standard InChI is InChI=1S/C23H18FN5O2S/c24-19-5-1-18(2-6-19)23-21(16-9-11-26-12-10-16)15-22(28-23)17-3-7-20(8-4-17)32(30,31)14-13-27-29-25/h1-12,15,28H,13-14H2. The van der Waals surface area contributed by atoms with Crippen LogP contribution in [0.3, 0.4) is 0 Å². The summed E-state index contributed by atoms with van der Waals surface area (Å²) in [5.74, 6) is -0.567. The molecule has 160 valence electrons. The number of aromatic amines is 1. The predicted octanol–water partition coefficient (Wildman–Crippen LogP) is 5.63. The molecule has 4 rings (SSSR count). The molecule has 2 heterocycles. The van der Waals surface area contributed by atoms with E-state index in [-0.39, 0.29) is 23.0 Å². The molecule has 1 N–H and O–H groups in total. The molecule has 0 saturated carbocycles. The number of nitrogens with zero attached hydrogens (tertiary/aromatic N) is 4. The third kappa shape index (κ3) is 4.54. The Hall–Kier alpha value is -3.94. The summed E-state index contributed by atoms with van der Waals surface area (Å²) in [7, 11) is -3.54. The number of H-pyrrole nitrogens is 1. The highest BCUT2D eigenvalue weighted by atomic mass is 32.2. The molecule has 0 aliphatic heterocycles. The molecule has 2 aromatic carbocycles. The Morgan fingerprint density at radius 3 is 2.25 bits per heavy atom. The Bertz CT molecular complexity index is 1380. The van der Waals surface area contributed by atoms with E-state index in [1.54, 1.807) is 36.7 Å². The third-order valence-electron chi connectivity index (χ3n) is 4.99. The van der Waals surface area contributed by atoms with E-state index in [0.717, 1.165) is 33.6 Å². The number of halogens is 1. The molecule has 32 heavy (non-hydrogen) atoms. The van der Waals surface area contributed by atoms with Gasteiger partial charge in [-0.05, 0) is 76.8 Å². The lowest BCUT2D eigenvalue weighted by atomic mass is 10.0. The summed E-state index contributed by atoms with van der Waals surface area (Å²) < 4.78 is 38.2. The number of pyridine rings is 1. The number of azide groups is 1. The lowest BCUT2D eigenvalue weighted by Gasteiger charge is -2.05. The first-order valence-electron chi connectivity index (χ1n) is 9.71. The van der Waals surface area contributed by atoms with Crippen molar-refractivity contribution < 1.29 is 12.8 Å². The first kappa shape index (κ1) is 21.3. The van der Waals surface area contributed by atoms with Gasteiger partial charge < -0.3 is 4.98 Å². The van der Waals surface area contributed by atoms with Crippen LogP contribution in [-0.4, -0.2) is 30.7 Å². The van der Waals surface area contributed by atoms with Crippen LogP contribution in [0.4, 0.5) is 4.39 Å². The van der Waals surface area contributed by atoms with Crippen LogP contribution in [-0.2, 0) is 9.84 Å². The molecule has 0 unspecified atom stereocenters. The lowest BCUT2D eigenvalue weighted by Crippen LogP contribution is -2.08. The van der Waals surface area contributed by atoms with Gasteiger partial charge >= 0.3 is 0 Å². The summed E-state index contributed by atoms with van der Waals surface area (Å²) in [6, 6.07) is 18.5. The second-order valence-corrected chi connectivity index (χ2v) is 9.12. The monoisotopic (exact) mass is 447 g/mol. The van der Waals surface area contributed by atoms with E-state index < -0.39 is 9.84 Å². The van der Waals surface area contributed by atoms with E-state index in [9.17, 15) is 12.8 Å². The summed E-state index contributed by atoms with van der Waals surface area (Å²) in [5, 5.41) is 3.29. The van der Waals surface area contributed by atoms with E-state index >= 15 is 0 Å². The van der Waals surface area contributed by atoms with Crippen molar-refractivity contribution in [3.8, 4) is 33.6 Å². The van der Waals surface area contributed by atoms with Crippen LogP contribution in [0, 0.1) is 5.82 Å². The maximum atomic E-state index is 13.4. The zero-order chi connectivity index (χ0) is 22.6. The fourth-order valence-electron chi connectivity index (χ4n) is 3.38. The van der Waals surface area contributed by atoms with Gasteiger partial charge in [0.15, 0.2) is 9.84 Å². The van der Waals surface area contributed by atoms with Crippen molar-refractivity contribution in [2.45, 2.75) is 4.90 Å². The van der Waals surface area contributed by atoms with Crippen molar-refractivity contribution in [1.82, 2.24) is 9.97 Å².